The number of hydrogen-bond acceptors (Lipinski definition) is 7. The first-order chi connectivity index (χ1) is 19.2. The lowest BCUT2D eigenvalue weighted by Gasteiger charge is -2.19. The number of fused-ring (bicyclic) bond motifs is 1. The lowest BCUT2D eigenvalue weighted by Crippen LogP contribution is -2.19. The molecule has 12 heteroatoms. The first-order valence-corrected chi connectivity index (χ1v) is 14.4. The fraction of sp³-hybridized carbons (Fsp3) is 0.393. The number of hydrogen-bond donors (Lipinski definition) is 2. The van der Waals surface area contributed by atoms with Crippen molar-refractivity contribution in [3.05, 3.63) is 70.4 Å². The Balaban J connectivity index is 1.42. The van der Waals surface area contributed by atoms with Crippen molar-refractivity contribution in [2.24, 2.45) is 0 Å². The van der Waals surface area contributed by atoms with Gasteiger partial charge in [0.2, 0.25) is 5.95 Å². The van der Waals surface area contributed by atoms with Crippen LogP contribution in [0.5, 0.6) is 0 Å². The predicted octanol–water partition coefficient (Wildman–Crippen LogP) is 6.29. The maximum Gasteiger partial charge on any atom is 0.421 e. The summed E-state index contributed by atoms with van der Waals surface area (Å²) in [6, 6.07) is 11.1. The highest BCUT2D eigenvalue weighted by Crippen LogP contribution is 2.38. The molecule has 1 unspecified atom stereocenters. The molecule has 0 spiro atoms. The van der Waals surface area contributed by atoms with E-state index in [-0.39, 0.29) is 11.9 Å². The van der Waals surface area contributed by atoms with Gasteiger partial charge in [0.05, 0.1) is 11.3 Å². The number of amides is 1. The van der Waals surface area contributed by atoms with E-state index in [4.69, 9.17) is 4.52 Å². The van der Waals surface area contributed by atoms with Crippen molar-refractivity contribution in [3.8, 4) is 0 Å². The van der Waals surface area contributed by atoms with Gasteiger partial charge in [-0.3, -0.25) is 9.69 Å². The standard InChI is InChI=1S/C28H32F3N6O2P/c1-3-39-40-17-18-6-9-20(10-7-18)33-27-32-14-22(28(29,30)31)25(35-27)34-23-11-8-19(15-37-12-4-5-13-37)21-16-36(2)26(38)24(21)23/h6-11,14,40H,3-5,12-13,15-17H2,1-2H3,(H2,32,33,34,35). The number of rotatable bonds is 10. The number of aromatic nitrogens is 2. The van der Waals surface area contributed by atoms with Crippen molar-refractivity contribution in [2.75, 3.05) is 37.4 Å². The number of carbonyl (C=O) groups excluding carboxylic acids is 1. The minimum atomic E-state index is -4.69. The number of nitrogens with one attached hydrogen (secondary N) is 2. The zero-order valence-electron chi connectivity index (χ0n) is 22.4. The smallest absolute Gasteiger partial charge is 0.362 e. The second-order valence-corrected chi connectivity index (χ2v) is 10.9. The third kappa shape index (κ3) is 6.37. The fourth-order valence-corrected chi connectivity index (χ4v) is 5.70. The molecule has 0 aliphatic carbocycles. The SMILES string of the molecule is CCOPCc1ccc(Nc2ncc(C(F)(F)F)c(Nc3ccc(CN4CCCC4)c4c3C(=O)N(C)C4)n2)cc1. The summed E-state index contributed by atoms with van der Waals surface area (Å²) in [6.07, 6.45) is -0.866. The Morgan fingerprint density at radius 2 is 1.82 bits per heavy atom. The normalized spacial score (nSPS) is 15.8. The van der Waals surface area contributed by atoms with Crippen LogP contribution in [0.15, 0.2) is 42.6 Å². The quantitative estimate of drug-likeness (QED) is 0.218. The Hall–Kier alpha value is -3.27. The summed E-state index contributed by atoms with van der Waals surface area (Å²) in [4.78, 5) is 25.1. The molecule has 1 atom stereocenters. The largest absolute Gasteiger partial charge is 0.421 e. The topological polar surface area (TPSA) is 82.6 Å². The number of halogens is 3. The van der Waals surface area contributed by atoms with Crippen molar-refractivity contribution >= 4 is 37.9 Å². The number of likely N-dealkylation sites (tertiary alicyclic amines) is 1. The van der Waals surface area contributed by atoms with Crippen LogP contribution in [-0.4, -0.2) is 52.4 Å². The van der Waals surface area contributed by atoms with Crippen LogP contribution in [0.25, 0.3) is 0 Å². The van der Waals surface area contributed by atoms with E-state index in [2.05, 4.69) is 25.5 Å². The maximum atomic E-state index is 14.0. The van der Waals surface area contributed by atoms with Crippen LogP contribution < -0.4 is 10.6 Å². The van der Waals surface area contributed by atoms with Gasteiger partial charge in [-0.2, -0.15) is 18.2 Å². The number of benzene rings is 2. The number of anilines is 4. The van der Waals surface area contributed by atoms with Crippen LogP contribution in [0.2, 0.25) is 0 Å². The van der Waals surface area contributed by atoms with E-state index in [9.17, 15) is 18.0 Å². The van der Waals surface area contributed by atoms with Crippen molar-refractivity contribution in [3.63, 3.8) is 0 Å². The Morgan fingerprint density at radius 3 is 2.52 bits per heavy atom. The Bertz CT molecular complexity index is 1360. The third-order valence-electron chi connectivity index (χ3n) is 7.04. The van der Waals surface area contributed by atoms with Crippen molar-refractivity contribution < 1.29 is 22.5 Å². The molecule has 3 heterocycles. The second-order valence-electron chi connectivity index (χ2n) is 9.92. The van der Waals surface area contributed by atoms with Crippen molar-refractivity contribution in [2.45, 2.75) is 45.2 Å². The van der Waals surface area contributed by atoms with Crippen LogP contribution in [0.1, 0.15) is 52.4 Å². The minimum Gasteiger partial charge on any atom is -0.362 e. The Labute approximate surface area is 233 Å². The summed E-state index contributed by atoms with van der Waals surface area (Å²) in [5.74, 6) is -0.645. The molecule has 3 aromatic rings. The van der Waals surface area contributed by atoms with E-state index in [0.29, 0.717) is 45.4 Å². The summed E-state index contributed by atoms with van der Waals surface area (Å²) in [5, 5.41) is 5.81. The van der Waals surface area contributed by atoms with Crippen molar-refractivity contribution in [1.29, 1.82) is 0 Å². The Kier molecular flexibility index (Phi) is 8.54. The van der Waals surface area contributed by atoms with E-state index < -0.39 is 17.6 Å². The van der Waals surface area contributed by atoms with Gasteiger partial charge >= 0.3 is 6.18 Å². The zero-order chi connectivity index (χ0) is 28.3. The highest BCUT2D eigenvalue weighted by atomic mass is 31.1. The van der Waals surface area contributed by atoms with Crippen molar-refractivity contribution in [1.82, 2.24) is 19.8 Å². The van der Waals surface area contributed by atoms with Gasteiger partial charge in [-0.1, -0.05) is 18.2 Å². The van der Waals surface area contributed by atoms with Gasteiger partial charge in [-0.15, -0.1) is 0 Å². The monoisotopic (exact) mass is 572 g/mol. The zero-order valence-corrected chi connectivity index (χ0v) is 23.4. The molecular weight excluding hydrogens is 540 g/mol. The highest BCUT2D eigenvalue weighted by Gasteiger charge is 2.37. The van der Waals surface area contributed by atoms with Gasteiger partial charge in [0, 0.05) is 53.6 Å². The molecule has 8 nitrogen and oxygen atoms in total. The summed E-state index contributed by atoms with van der Waals surface area (Å²) in [5.41, 5.74) is 3.26. The van der Waals surface area contributed by atoms with E-state index >= 15 is 0 Å². The van der Waals surface area contributed by atoms with Crippen LogP contribution in [-0.2, 0) is 30.0 Å². The van der Waals surface area contributed by atoms with Gasteiger partial charge in [-0.05, 0) is 67.7 Å². The van der Waals surface area contributed by atoms with Gasteiger partial charge in [0.15, 0.2) is 0 Å². The molecule has 2 aliphatic rings. The van der Waals surface area contributed by atoms with E-state index in [1.165, 1.54) is 0 Å². The number of alkyl halides is 3. The molecule has 2 N–H and O–H groups in total. The molecule has 40 heavy (non-hydrogen) atoms. The molecule has 1 saturated heterocycles. The van der Waals surface area contributed by atoms with E-state index in [1.54, 1.807) is 18.0 Å². The van der Waals surface area contributed by atoms with Gasteiger partial charge in [0.1, 0.15) is 11.4 Å². The molecule has 2 aromatic carbocycles. The highest BCUT2D eigenvalue weighted by molar-refractivity contribution is 7.31. The second kappa shape index (κ2) is 12.1. The first-order valence-electron chi connectivity index (χ1n) is 13.3. The predicted molar refractivity (Wildman–Crippen MR) is 150 cm³/mol. The molecule has 0 saturated carbocycles. The lowest BCUT2D eigenvalue weighted by atomic mass is 10.0. The molecule has 2 aliphatic heterocycles. The molecule has 1 amide bonds. The third-order valence-corrected chi connectivity index (χ3v) is 8.08. The van der Waals surface area contributed by atoms with E-state index in [0.717, 1.165) is 55.0 Å². The average molecular weight is 573 g/mol. The van der Waals surface area contributed by atoms with Crippen LogP contribution >= 0.6 is 8.81 Å². The van der Waals surface area contributed by atoms with Gasteiger partial charge in [-0.25, -0.2) is 4.98 Å². The number of carbonyl (C=O) groups is 1. The Morgan fingerprint density at radius 1 is 1.07 bits per heavy atom. The van der Waals surface area contributed by atoms with Crippen LogP contribution in [0.3, 0.4) is 0 Å². The fourth-order valence-electron chi connectivity index (χ4n) is 4.99. The summed E-state index contributed by atoms with van der Waals surface area (Å²) >= 11 is 0. The molecule has 212 valence electrons. The summed E-state index contributed by atoms with van der Waals surface area (Å²) in [7, 11) is 2.06. The maximum absolute atomic E-state index is 14.0. The van der Waals surface area contributed by atoms with E-state index in [1.807, 2.05) is 37.3 Å². The van der Waals surface area contributed by atoms with Gasteiger partial charge < -0.3 is 20.1 Å². The molecular formula is C28H32F3N6O2P. The molecule has 0 bridgehead atoms. The molecule has 5 rings (SSSR count). The molecule has 0 radical (unpaired) electrons. The van der Waals surface area contributed by atoms with Gasteiger partial charge in [0.25, 0.3) is 5.91 Å². The number of nitrogens with zero attached hydrogens (tertiary/aromatic N) is 4. The van der Waals surface area contributed by atoms with Crippen LogP contribution in [0.4, 0.5) is 36.3 Å². The minimum absolute atomic E-state index is 0.00480. The molecule has 1 aromatic heterocycles. The first kappa shape index (κ1) is 28.3. The average Bonchev–Trinajstić information content (AvgIpc) is 3.54. The lowest BCUT2D eigenvalue weighted by molar-refractivity contribution is -0.137. The summed E-state index contributed by atoms with van der Waals surface area (Å²) in [6.45, 7) is 5.74. The molecule has 1 fully saturated rings. The van der Waals surface area contributed by atoms with Crippen LogP contribution in [0, 0.1) is 0 Å². The summed E-state index contributed by atoms with van der Waals surface area (Å²) < 4.78 is 47.3.